The van der Waals surface area contributed by atoms with Crippen molar-refractivity contribution in [1.82, 2.24) is 19.5 Å². The Balaban J connectivity index is 2.23. The molecule has 3 aromatic rings. The van der Waals surface area contributed by atoms with E-state index in [-0.39, 0.29) is 6.61 Å². The summed E-state index contributed by atoms with van der Waals surface area (Å²) in [6, 6.07) is 4.05. The number of hydrogen-bond acceptors (Lipinski definition) is 5. The number of pyridine rings is 1. The van der Waals surface area contributed by atoms with E-state index in [0.29, 0.717) is 18.3 Å². The highest BCUT2D eigenvalue weighted by Gasteiger charge is 2.19. The Morgan fingerprint density at radius 1 is 1.19 bits per heavy atom. The van der Waals surface area contributed by atoms with Gasteiger partial charge in [-0.1, -0.05) is 20.8 Å². The van der Waals surface area contributed by atoms with Crippen LogP contribution in [0.3, 0.4) is 0 Å². The van der Waals surface area contributed by atoms with Crippen LogP contribution >= 0.6 is 0 Å². The molecule has 138 valence electrons. The lowest BCUT2D eigenvalue weighted by Gasteiger charge is -2.13. The highest BCUT2D eigenvalue weighted by atomic mass is 16.5. The molecular weight excluding hydrogens is 328 g/mol. The Morgan fingerprint density at radius 3 is 2.58 bits per heavy atom. The van der Waals surface area contributed by atoms with Crippen LogP contribution in [0.1, 0.15) is 43.6 Å². The van der Waals surface area contributed by atoms with E-state index in [1.807, 2.05) is 29.8 Å². The summed E-state index contributed by atoms with van der Waals surface area (Å²) in [4.78, 5) is 14.4. The molecule has 0 radical (unpaired) electrons. The van der Waals surface area contributed by atoms with E-state index in [1.54, 1.807) is 7.11 Å². The van der Waals surface area contributed by atoms with Crippen LogP contribution in [-0.4, -0.2) is 38.3 Å². The van der Waals surface area contributed by atoms with Gasteiger partial charge in [-0.2, -0.15) is 0 Å². The average molecular weight is 354 g/mol. The largest absolute Gasteiger partial charge is 0.480 e. The van der Waals surface area contributed by atoms with Gasteiger partial charge in [0.05, 0.1) is 30.7 Å². The van der Waals surface area contributed by atoms with Gasteiger partial charge < -0.3 is 14.4 Å². The summed E-state index contributed by atoms with van der Waals surface area (Å²) in [5.41, 5.74) is 6.25. The molecular formula is C20H26N4O2. The zero-order chi connectivity index (χ0) is 18.8. The topological polar surface area (TPSA) is 73.1 Å². The standard InChI is InChI=1S/C20H26N4O2/c1-6-15-18(14-7-8-16(12(2)3)22-20(14)26-5)23-17-13(4)11-24(9-10-25)19(17)21-15/h7-8,11-12,25H,6,9-10H2,1-5H3. The van der Waals surface area contributed by atoms with Crippen molar-refractivity contribution in [2.45, 2.75) is 46.6 Å². The summed E-state index contributed by atoms with van der Waals surface area (Å²) >= 11 is 0. The first kappa shape index (κ1) is 18.3. The molecule has 0 saturated carbocycles. The SMILES string of the molecule is CCc1nc2c(nc1-c1ccc(C(C)C)nc1OC)c(C)cn2CCO. The van der Waals surface area contributed by atoms with Crippen molar-refractivity contribution < 1.29 is 9.84 Å². The minimum absolute atomic E-state index is 0.0719. The fourth-order valence-electron chi connectivity index (χ4n) is 3.13. The van der Waals surface area contributed by atoms with Gasteiger partial charge in [0.25, 0.3) is 0 Å². The first-order chi connectivity index (χ1) is 12.5. The Morgan fingerprint density at radius 2 is 1.96 bits per heavy atom. The molecule has 0 aliphatic heterocycles. The van der Waals surface area contributed by atoms with Crippen LogP contribution in [0, 0.1) is 6.92 Å². The minimum atomic E-state index is 0.0719. The molecule has 0 atom stereocenters. The van der Waals surface area contributed by atoms with E-state index in [4.69, 9.17) is 14.7 Å². The lowest BCUT2D eigenvalue weighted by atomic mass is 10.1. The molecule has 0 amide bonds. The van der Waals surface area contributed by atoms with Crippen LogP contribution in [-0.2, 0) is 13.0 Å². The highest BCUT2D eigenvalue weighted by molar-refractivity contribution is 5.80. The molecule has 0 unspecified atom stereocenters. The lowest BCUT2D eigenvalue weighted by molar-refractivity contribution is 0.278. The Kier molecular flexibility index (Phi) is 5.23. The van der Waals surface area contributed by atoms with Crippen molar-refractivity contribution in [1.29, 1.82) is 0 Å². The fourth-order valence-corrected chi connectivity index (χ4v) is 3.13. The van der Waals surface area contributed by atoms with Crippen LogP contribution in [0.15, 0.2) is 18.3 Å². The molecule has 3 aromatic heterocycles. The molecule has 0 fully saturated rings. The van der Waals surface area contributed by atoms with Crippen LogP contribution in [0.5, 0.6) is 5.88 Å². The molecule has 0 aliphatic carbocycles. The van der Waals surface area contributed by atoms with Crippen molar-refractivity contribution in [3.05, 3.63) is 35.3 Å². The number of methoxy groups -OCH3 is 1. The minimum Gasteiger partial charge on any atom is -0.480 e. The molecule has 0 saturated heterocycles. The van der Waals surface area contributed by atoms with Gasteiger partial charge in [0.2, 0.25) is 5.88 Å². The Labute approximate surface area is 153 Å². The molecule has 0 spiro atoms. The van der Waals surface area contributed by atoms with E-state index in [2.05, 4.69) is 25.8 Å². The lowest BCUT2D eigenvalue weighted by Crippen LogP contribution is -2.05. The first-order valence-corrected chi connectivity index (χ1v) is 9.02. The number of rotatable bonds is 6. The van der Waals surface area contributed by atoms with Gasteiger partial charge in [0.15, 0.2) is 5.65 Å². The maximum absolute atomic E-state index is 9.29. The van der Waals surface area contributed by atoms with Crippen LogP contribution in [0.25, 0.3) is 22.4 Å². The van der Waals surface area contributed by atoms with E-state index in [0.717, 1.165) is 45.8 Å². The summed E-state index contributed by atoms with van der Waals surface area (Å²) in [6.07, 6.45) is 2.73. The summed E-state index contributed by atoms with van der Waals surface area (Å²) in [6.45, 7) is 8.87. The van der Waals surface area contributed by atoms with Gasteiger partial charge >= 0.3 is 0 Å². The second-order valence-corrected chi connectivity index (χ2v) is 6.72. The third kappa shape index (κ3) is 3.17. The van der Waals surface area contributed by atoms with E-state index in [1.165, 1.54) is 0 Å². The number of nitrogens with zero attached hydrogens (tertiary/aromatic N) is 4. The van der Waals surface area contributed by atoms with Gasteiger partial charge in [-0.3, -0.25) is 0 Å². The predicted molar refractivity (Wildman–Crippen MR) is 103 cm³/mol. The van der Waals surface area contributed by atoms with Gasteiger partial charge in [-0.05, 0) is 37.0 Å². The number of hydrogen-bond donors (Lipinski definition) is 1. The van der Waals surface area contributed by atoms with Gasteiger partial charge in [0.1, 0.15) is 5.52 Å². The quantitative estimate of drug-likeness (QED) is 0.733. The second kappa shape index (κ2) is 7.41. The number of aryl methyl sites for hydroxylation is 2. The van der Waals surface area contributed by atoms with Crippen molar-refractivity contribution in [2.24, 2.45) is 0 Å². The smallest absolute Gasteiger partial charge is 0.222 e. The Bertz CT molecular complexity index is 931. The molecule has 26 heavy (non-hydrogen) atoms. The van der Waals surface area contributed by atoms with Crippen LogP contribution in [0.4, 0.5) is 0 Å². The predicted octanol–water partition coefficient (Wildman–Crippen LogP) is 3.49. The van der Waals surface area contributed by atoms with E-state index < -0.39 is 0 Å². The maximum atomic E-state index is 9.29. The molecule has 0 aromatic carbocycles. The molecule has 0 bridgehead atoms. The van der Waals surface area contributed by atoms with Crippen molar-refractivity contribution in [3.63, 3.8) is 0 Å². The van der Waals surface area contributed by atoms with E-state index >= 15 is 0 Å². The van der Waals surface area contributed by atoms with Gasteiger partial charge in [-0.25, -0.2) is 15.0 Å². The normalized spacial score (nSPS) is 11.5. The number of fused-ring (bicyclic) bond motifs is 1. The van der Waals surface area contributed by atoms with Gasteiger partial charge in [0, 0.05) is 18.4 Å². The number of ether oxygens (including phenoxy) is 1. The zero-order valence-corrected chi connectivity index (χ0v) is 16.1. The summed E-state index contributed by atoms with van der Waals surface area (Å²) in [5, 5.41) is 9.29. The number of aliphatic hydroxyl groups is 1. The molecule has 0 aliphatic rings. The van der Waals surface area contributed by atoms with Crippen molar-refractivity contribution in [2.75, 3.05) is 13.7 Å². The highest BCUT2D eigenvalue weighted by Crippen LogP contribution is 2.32. The molecule has 1 N–H and O–H groups in total. The molecule has 6 heteroatoms. The van der Waals surface area contributed by atoms with Gasteiger partial charge in [-0.15, -0.1) is 0 Å². The summed E-state index contributed by atoms with van der Waals surface area (Å²) in [5.74, 6) is 0.902. The van der Waals surface area contributed by atoms with Crippen molar-refractivity contribution >= 4 is 11.2 Å². The first-order valence-electron chi connectivity index (χ1n) is 9.02. The van der Waals surface area contributed by atoms with Crippen LogP contribution in [0.2, 0.25) is 0 Å². The summed E-state index contributed by atoms with van der Waals surface area (Å²) < 4.78 is 7.52. The zero-order valence-electron chi connectivity index (χ0n) is 16.1. The van der Waals surface area contributed by atoms with E-state index in [9.17, 15) is 5.11 Å². The number of aromatic nitrogens is 4. The average Bonchev–Trinajstić information content (AvgIpc) is 2.95. The molecule has 3 rings (SSSR count). The molecule has 6 nitrogen and oxygen atoms in total. The third-order valence-corrected chi connectivity index (χ3v) is 4.54. The Hall–Kier alpha value is -2.47. The monoisotopic (exact) mass is 354 g/mol. The second-order valence-electron chi connectivity index (χ2n) is 6.72. The maximum Gasteiger partial charge on any atom is 0.222 e. The molecule has 3 heterocycles. The summed E-state index contributed by atoms with van der Waals surface area (Å²) in [7, 11) is 1.64. The number of aliphatic hydroxyl groups excluding tert-OH is 1. The fraction of sp³-hybridized carbons (Fsp3) is 0.450. The third-order valence-electron chi connectivity index (χ3n) is 4.54. The van der Waals surface area contributed by atoms with Crippen molar-refractivity contribution in [3.8, 4) is 17.1 Å². The van der Waals surface area contributed by atoms with Crippen LogP contribution < -0.4 is 4.74 Å².